The van der Waals surface area contributed by atoms with Gasteiger partial charge in [-0.05, 0) is 75.5 Å². The summed E-state index contributed by atoms with van der Waals surface area (Å²) in [6.45, 7) is 8.20. The van der Waals surface area contributed by atoms with E-state index in [2.05, 4.69) is 77.6 Å². The topological polar surface area (TPSA) is 18.5 Å². The van der Waals surface area contributed by atoms with Gasteiger partial charge in [-0.25, -0.2) is 0 Å². The molecule has 3 heteroatoms. The maximum Gasteiger partial charge on any atom is 0.0366 e. The summed E-state index contributed by atoms with van der Waals surface area (Å²) in [5.74, 6) is 0.849. The lowest BCUT2D eigenvalue weighted by Gasteiger charge is -2.34. The van der Waals surface area contributed by atoms with Gasteiger partial charge in [-0.2, -0.15) is 0 Å². The minimum Gasteiger partial charge on any atom is -0.371 e. The summed E-state index contributed by atoms with van der Waals surface area (Å²) in [7, 11) is 2.24. The molecule has 2 aromatic rings. The summed E-state index contributed by atoms with van der Waals surface area (Å²) < 4.78 is 0. The smallest absolute Gasteiger partial charge is 0.0366 e. The number of aryl methyl sites for hydroxylation is 1. The Balaban J connectivity index is 1.28. The monoisotopic (exact) mass is 363 g/mol. The number of piperidine rings is 1. The van der Waals surface area contributed by atoms with Crippen LogP contribution in [0.4, 0.5) is 5.69 Å². The number of rotatable bonds is 5. The standard InChI is InChI=1S/C24H33N3/c1-19-4-3-5-22(16-19)21-6-8-24(9-7-21)27-14-11-23(12-15-27)25-17-20-10-13-26(2)18-20/h3-9,16,20,23,25H,10-15,17-18H2,1-2H3/t20-/m1/s1. The first-order valence-corrected chi connectivity index (χ1v) is 10.5. The second kappa shape index (κ2) is 8.45. The van der Waals surface area contributed by atoms with Crippen molar-refractivity contribution in [2.24, 2.45) is 5.92 Å². The quantitative estimate of drug-likeness (QED) is 0.860. The van der Waals surface area contributed by atoms with Gasteiger partial charge in [-0.15, -0.1) is 0 Å². The van der Waals surface area contributed by atoms with E-state index in [9.17, 15) is 0 Å². The second-order valence-electron chi connectivity index (χ2n) is 8.50. The van der Waals surface area contributed by atoms with Crippen molar-refractivity contribution in [3.8, 4) is 11.1 Å². The van der Waals surface area contributed by atoms with Gasteiger partial charge in [0.25, 0.3) is 0 Å². The Labute approximate surface area is 164 Å². The first-order chi connectivity index (χ1) is 13.2. The van der Waals surface area contributed by atoms with Crippen LogP contribution in [0.5, 0.6) is 0 Å². The lowest BCUT2D eigenvalue weighted by Crippen LogP contribution is -2.44. The molecule has 0 saturated carbocycles. The van der Waals surface area contributed by atoms with Crippen LogP contribution >= 0.6 is 0 Å². The zero-order valence-corrected chi connectivity index (χ0v) is 16.8. The van der Waals surface area contributed by atoms with Crippen LogP contribution in [0.25, 0.3) is 11.1 Å². The van der Waals surface area contributed by atoms with Gasteiger partial charge in [-0.1, -0.05) is 42.0 Å². The van der Waals surface area contributed by atoms with Crippen LogP contribution < -0.4 is 10.2 Å². The van der Waals surface area contributed by atoms with Crippen molar-refractivity contribution >= 4 is 5.69 Å². The molecule has 2 saturated heterocycles. The molecule has 2 aliphatic rings. The lowest BCUT2D eigenvalue weighted by atomic mass is 10.0. The highest BCUT2D eigenvalue weighted by molar-refractivity contribution is 5.67. The van der Waals surface area contributed by atoms with Gasteiger partial charge in [-0.3, -0.25) is 0 Å². The maximum absolute atomic E-state index is 3.84. The average Bonchev–Trinajstić information content (AvgIpc) is 3.12. The molecule has 0 aliphatic carbocycles. The predicted molar refractivity (Wildman–Crippen MR) is 115 cm³/mol. The van der Waals surface area contributed by atoms with Gasteiger partial charge < -0.3 is 15.1 Å². The minimum absolute atomic E-state index is 0.693. The molecule has 0 unspecified atom stereocenters. The molecule has 2 aromatic carbocycles. The first-order valence-electron chi connectivity index (χ1n) is 10.5. The first kappa shape index (κ1) is 18.5. The molecule has 0 bridgehead atoms. The highest BCUT2D eigenvalue weighted by Gasteiger charge is 2.23. The lowest BCUT2D eigenvalue weighted by molar-refractivity contribution is 0.357. The fraction of sp³-hybridized carbons (Fsp3) is 0.500. The van der Waals surface area contributed by atoms with Gasteiger partial charge in [0, 0.05) is 31.4 Å². The molecule has 0 spiro atoms. The van der Waals surface area contributed by atoms with Crippen LogP contribution in [0, 0.1) is 12.8 Å². The SMILES string of the molecule is Cc1cccc(-c2ccc(N3CCC(NC[C@H]4CCN(C)C4)CC3)cc2)c1. The number of nitrogens with one attached hydrogen (secondary N) is 1. The third kappa shape index (κ3) is 4.72. The van der Waals surface area contributed by atoms with Crippen molar-refractivity contribution in [3.05, 3.63) is 54.1 Å². The maximum atomic E-state index is 3.84. The Kier molecular flexibility index (Phi) is 5.80. The summed E-state index contributed by atoms with van der Waals surface area (Å²) in [6.07, 6.45) is 3.86. The van der Waals surface area contributed by atoms with Crippen molar-refractivity contribution in [3.63, 3.8) is 0 Å². The van der Waals surface area contributed by atoms with Crippen LogP contribution in [-0.2, 0) is 0 Å². The van der Waals surface area contributed by atoms with Gasteiger partial charge in [0.1, 0.15) is 0 Å². The number of benzene rings is 2. The second-order valence-corrected chi connectivity index (χ2v) is 8.50. The Bertz CT molecular complexity index is 732. The van der Waals surface area contributed by atoms with Crippen LogP contribution in [0.3, 0.4) is 0 Å². The van der Waals surface area contributed by atoms with E-state index in [1.165, 1.54) is 61.3 Å². The van der Waals surface area contributed by atoms with E-state index in [-0.39, 0.29) is 0 Å². The van der Waals surface area contributed by atoms with Gasteiger partial charge >= 0.3 is 0 Å². The molecule has 144 valence electrons. The Morgan fingerprint density at radius 1 is 0.926 bits per heavy atom. The average molecular weight is 364 g/mol. The molecule has 0 radical (unpaired) electrons. The molecule has 3 nitrogen and oxygen atoms in total. The van der Waals surface area contributed by atoms with Crippen molar-refractivity contribution in [1.29, 1.82) is 0 Å². The van der Waals surface area contributed by atoms with Crippen molar-refractivity contribution in [2.45, 2.75) is 32.2 Å². The normalized spacial score (nSPS) is 21.7. The summed E-state index contributed by atoms with van der Waals surface area (Å²) in [5.41, 5.74) is 5.29. The van der Waals surface area contributed by atoms with Crippen LogP contribution in [0.2, 0.25) is 0 Å². The molecule has 2 fully saturated rings. The summed E-state index contributed by atoms with van der Waals surface area (Å²) in [4.78, 5) is 5.00. The van der Waals surface area contributed by atoms with E-state index < -0.39 is 0 Å². The number of likely N-dealkylation sites (tertiary alicyclic amines) is 1. The van der Waals surface area contributed by atoms with E-state index in [4.69, 9.17) is 0 Å². The summed E-state index contributed by atoms with van der Waals surface area (Å²) >= 11 is 0. The Hall–Kier alpha value is -1.84. The molecule has 1 atom stereocenters. The van der Waals surface area contributed by atoms with E-state index in [0.29, 0.717) is 6.04 Å². The largest absolute Gasteiger partial charge is 0.371 e. The number of anilines is 1. The third-order valence-corrected chi connectivity index (χ3v) is 6.26. The molecule has 27 heavy (non-hydrogen) atoms. The number of hydrogen-bond donors (Lipinski definition) is 1. The van der Waals surface area contributed by atoms with Crippen LogP contribution in [0.1, 0.15) is 24.8 Å². The molecular formula is C24H33N3. The van der Waals surface area contributed by atoms with Gasteiger partial charge in [0.2, 0.25) is 0 Å². The van der Waals surface area contributed by atoms with E-state index >= 15 is 0 Å². The minimum atomic E-state index is 0.693. The highest BCUT2D eigenvalue weighted by atomic mass is 15.2. The van der Waals surface area contributed by atoms with Gasteiger partial charge in [0.15, 0.2) is 0 Å². The predicted octanol–water partition coefficient (Wildman–Crippen LogP) is 4.17. The fourth-order valence-corrected chi connectivity index (χ4v) is 4.56. The van der Waals surface area contributed by atoms with Crippen molar-refractivity contribution in [2.75, 3.05) is 44.7 Å². The summed E-state index contributed by atoms with van der Waals surface area (Å²) in [5, 5.41) is 3.84. The molecule has 2 aliphatic heterocycles. The van der Waals surface area contributed by atoms with Crippen molar-refractivity contribution in [1.82, 2.24) is 10.2 Å². The van der Waals surface area contributed by atoms with E-state index in [1.807, 2.05) is 0 Å². The van der Waals surface area contributed by atoms with Crippen LogP contribution in [0.15, 0.2) is 48.5 Å². The Morgan fingerprint density at radius 3 is 2.37 bits per heavy atom. The molecule has 0 amide bonds. The van der Waals surface area contributed by atoms with Gasteiger partial charge in [0.05, 0.1) is 0 Å². The molecular weight excluding hydrogens is 330 g/mol. The molecule has 2 heterocycles. The third-order valence-electron chi connectivity index (χ3n) is 6.26. The molecule has 1 N–H and O–H groups in total. The highest BCUT2D eigenvalue weighted by Crippen LogP contribution is 2.26. The van der Waals surface area contributed by atoms with Crippen LogP contribution in [-0.4, -0.2) is 50.7 Å². The number of hydrogen-bond acceptors (Lipinski definition) is 3. The number of nitrogens with zero attached hydrogens (tertiary/aromatic N) is 2. The Morgan fingerprint density at radius 2 is 1.70 bits per heavy atom. The van der Waals surface area contributed by atoms with E-state index in [0.717, 1.165) is 19.0 Å². The van der Waals surface area contributed by atoms with Crippen molar-refractivity contribution < 1.29 is 0 Å². The molecule has 4 rings (SSSR count). The zero-order chi connectivity index (χ0) is 18.6. The zero-order valence-electron chi connectivity index (χ0n) is 16.8. The fourth-order valence-electron chi connectivity index (χ4n) is 4.56. The summed E-state index contributed by atoms with van der Waals surface area (Å²) in [6, 6.07) is 18.6. The molecule has 0 aromatic heterocycles. The van der Waals surface area contributed by atoms with E-state index in [1.54, 1.807) is 0 Å².